The van der Waals surface area contributed by atoms with Gasteiger partial charge in [0.15, 0.2) is 11.7 Å². The van der Waals surface area contributed by atoms with Crippen molar-refractivity contribution < 1.29 is 17.9 Å². The molecule has 0 atom stereocenters. The van der Waals surface area contributed by atoms with E-state index in [-0.39, 0.29) is 6.54 Å². The molecule has 1 aromatic heterocycles. The molecule has 0 aliphatic heterocycles. The summed E-state index contributed by atoms with van der Waals surface area (Å²) in [6.07, 6.45) is -2.62. The fourth-order valence-electron chi connectivity index (χ4n) is 2.29. The summed E-state index contributed by atoms with van der Waals surface area (Å²) in [5, 5.41) is 7.62. The van der Waals surface area contributed by atoms with E-state index in [1.165, 1.54) is 5.56 Å². The van der Waals surface area contributed by atoms with E-state index in [2.05, 4.69) is 20.6 Å². The Bertz CT molecular complexity index is 729. The molecule has 0 unspecified atom stereocenters. The first-order valence-corrected chi connectivity index (χ1v) is 9.47. The second-order valence-electron chi connectivity index (χ2n) is 5.70. The highest BCUT2D eigenvalue weighted by Gasteiger charge is 2.33. The molecule has 9 heteroatoms. The SMILES string of the molecule is CCNC(=NCc1nc(C(F)(F)F)cs1)NCCCc1ccc(OC)cc1. The third-order valence-corrected chi connectivity index (χ3v) is 4.49. The predicted molar refractivity (Wildman–Crippen MR) is 101 cm³/mol. The molecule has 0 aliphatic rings. The van der Waals surface area contributed by atoms with E-state index >= 15 is 0 Å². The highest BCUT2D eigenvalue weighted by molar-refractivity contribution is 7.09. The Morgan fingerprint density at radius 2 is 1.96 bits per heavy atom. The molecule has 0 spiro atoms. The molecule has 0 radical (unpaired) electrons. The van der Waals surface area contributed by atoms with Crippen molar-refractivity contribution in [3.63, 3.8) is 0 Å². The maximum Gasteiger partial charge on any atom is 0.434 e. The first kappa shape index (κ1) is 21.0. The largest absolute Gasteiger partial charge is 0.497 e. The zero-order chi connectivity index (χ0) is 19.7. The molecule has 27 heavy (non-hydrogen) atoms. The van der Waals surface area contributed by atoms with E-state index in [0.29, 0.717) is 24.1 Å². The monoisotopic (exact) mass is 400 g/mol. The molecule has 1 heterocycles. The number of nitrogens with one attached hydrogen (secondary N) is 2. The molecule has 2 N–H and O–H groups in total. The van der Waals surface area contributed by atoms with E-state index in [1.807, 2.05) is 31.2 Å². The van der Waals surface area contributed by atoms with Gasteiger partial charge in [-0.2, -0.15) is 13.2 Å². The number of aromatic nitrogens is 1. The van der Waals surface area contributed by atoms with Crippen molar-refractivity contribution in [1.29, 1.82) is 0 Å². The lowest BCUT2D eigenvalue weighted by Crippen LogP contribution is -2.37. The van der Waals surface area contributed by atoms with E-state index in [1.54, 1.807) is 7.11 Å². The van der Waals surface area contributed by atoms with Crippen LogP contribution in [0.5, 0.6) is 5.75 Å². The van der Waals surface area contributed by atoms with Gasteiger partial charge in [-0.05, 0) is 37.5 Å². The number of thiazole rings is 1. The van der Waals surface area contributed by atoms with Gasteiger partial charge < -0.3 is 15.4 Å². The third kappa shape index (κ3) is 7.09. The van der Waals surface area contributed by atoms with Gasteiger partial charge in [-0.1, -0.05) is 12.1 Å². The molecule has 1 aromatic carbocycles. The standard InChI is InChI=1S/C18H23F3N4OS/c1-3-22-17(24-11-16-25-15(12-27-16)18(19,20)21)23-10-4-5-13-6-8-14(26-2)9-7-13/h6-9,12H,3-5,10-11H2,1-2H3,(H2,22,23,24). The number of rotatable bonds is 8. The summed E-state index contributed by atoms with van der Waals surface area (Å²) >= 11 is 0.961. The molecule has 5 nitrogen and oxygen atoms in total. The average Bonchev–Trinajstić information content (AvgIpc) is 3.13. The first-order valence-electron chi connectivity index (χ1n) is 8.59. The second-order valence-corrected chi connectivity index (χ2v) is 6.64. The molecule has 2 rings (SSSR count). The number of nitrogens with zero attached hydrogens (tertiary/aromatic N) is 2. The number of benzene rings is 1. The predicted octanol–water partition coefficient (Wildman–Crippen LogP) is 3.86. The van der Waals surface area contributed by atoms with Crippen LogP contribution in [0.15, 0.2) is 34.6 Å². The van der Waals surface area contributed by atoms with Gasteiger partial charge in [0.05, 0.1) is 13.7 Å². The van der Waals surface area contributed by atoms with Crippen LogP contribution in [-0.2, 0) is 19.1 Å². The lowest BCUT2D eigenvalue weighted by Gasteiger charge is -2.11. The van der Waals surface area contributed by atoms with E-state index < -0.39 is 11.9 Å². The van der Waals surface area contributed by atoms with Crippen LogP contribution in [-0.4, -0.2) is 31.1 Å². The Kier molecular flexibility index (Phi) is 7.90. The van der Waals surface area contributed by atoms with Crippen molar-refractivity contribution in [3.8, 4) is 5.75 Å². The fraction of sp³-hybridized carbons (Fsp3) is 0.444. The Labute approximate surface area is 160 Å². The smallest absolute Gasteiger partial charge is 0.434 e. The van der Waals surface area contributed by atoms with Crippen LogP contribution < -0.4 is 15.4 Å². The summed E-state index contributed by atoms with van der Waals surface area (Å²) in [6.45, 7) is 3.40. The maximum atomic E-state index is 12.6. The van der Waals surface area contributed by atoms with Crippen molar-refractivity contribution in [3.05, 3.63) is 45.9 Å². The van der Waals surface area contributed by atoms with Crippen molar-refractivity contribution in [1.82, 2.24) is 15.6 Å². The molecule has 0 aliphatic carbocycles. The van der Waals surface area contributed by atoms with E-state index in [0.717, 1.165) is 35.3 Å². The van der Waals surface area contributed by atoms with Crippen LogP contribution in [0, 0.1) is 0 Å². The van der Waals surface area contributed by atoms with Gasteiger partial charge in [0.25, 0.3) is 0 Å². The number of hydrogen-bond donors (Lipinski definition) is 2. The number of aryl methyl sites for hydroxylation is 1. The summed E-state index contributed by atoms with van der Waals surface area (Å²) in [6, 6.07) is 7.91. The van der Waals surface area contributed by atoms with Gasteiger partial charge >= 0.3 is 6.18 Å². The lowest BCUT2D eigenvalue weighted by molar-refractivity contribution is -0.140. The number of guanidine groups is 1. The highest BCUT2D eigenvalue weighted by atomic mass is 32.1. The Balaban J connectivity index is 1.81. The molecule has 0 bridgehead atoms. The van der Waals surface area contributed by atoms with Crippen LogP contribution in [0.4, 0.5) is 13.2 Å². The van der Waals surface area contributed by atoms with Gasteiger partial charge in [0.2, 0.25) is 0 Å². The summed E-state index contributed by atoms with van der Waals surface area (Å²) in [4.78, 5) is 7.89. The summed E-state index contributed by atoms with van der Waals surface area (Å²) < 4.78 is 42.9. The molecule has 0 saturated heterocycles. The van der Waals surface area contributed by atoms with Crippen LogP contribution in [0.2, 0.25) is 0 Å². The fourth-order valence-corrected chi connectivity index (χ4v) is 3.02. The van der Waals surface area contributed by atoms with Gasteiger partial charge in [-0.25, -0.2) is 9.98 Å². The zero-order valence-electron chi connectivity index (χ0n) is 15.3. The third-order valence-electron chi connectivity index (χ3n) is 3.65. The summed E-state index contributed by atoms with van der Waals surface area (Å²) in [5.74, 6) is 1.39. The van der Waals surface area contributed by atoms with Crippen molar-refractivity contribution >= 4 is 17.3 Å². The van der Waals surface area contributed by atoms with Crippen LogP contribution >= 0.6 is 11.3 Å². The molecule has 2 aromatic rings. The molecular weight excluding hydrogens is 377 g/mol. The van der Waals surface area contributed by atoms with Crippen LogP contribution in [0.3, 0.4) is 0 Å². The van der Waals surface area contributed by atoms with Gasteiger partial charge in [0.1, 0.15) is 10.8 Å². The molecule has 148 valence electrons. The van der Waals surface area contributed by atoms with Crippen LogP contribution in [0.25, 0.3) is 0 Å². The molecule has 0 amide bonds. The minimum absolute atomic E-state index is 0.106. The highest BCUT2D eigenvalue weighted by Crippen LogP contribution is 2.30. The minimum atomic E-state index is -4.41. The Morgan fingerprint density at radius 3 is 2.56 bits per heavy atom. The number of alkyl halides is 3. The molecular formula is C18H23F3N4OS. The second kappa shape index (κ2) is 10.1. The first-order chi connectivity index (χ1) is 12.9. The van der Waals surface area contributed by atoms with Crippen molar-refractivity contribution in [2.75, 3.05) is 20.2 Å². The number of aliphatic imine (C=N–C) groups is 1. The maximum absolute atomic E-state index is 12.6. The van der Waals surface area contributed by atoms with Crippen molar-refractivity contribution in [2.24, 2.45) is 4.99 Å². The van der Waals surface area contributed by atoms with Crippen molar-refractivity contribution in [2.45, 2.75) is 32.5 Å². The lowest BCUT2D eigenvalue weighted by atomic mass is 10.1. The summed E-state index contributed by atoms with van der Waals surface area (Å²) in [5.41, 5.74) is 0.345. The van der Waals surface area contributed by atoms with Gasteiger partial charge in [-0.3, -0.25) is 0 Å². The molecule has 0 fully saturated rings. The van der Waals surface area contributed by atoms with Crippen LogP contribution in [0.1, 0.15) is 29.6 Å². The van der Waals surface area contributed by atoms with Gasteiger partial charge in [-0.15, -0.1) is 11.3 Å². The number of methoxy groups -OCH3 is 1. The Hall–Kier alpha value is -2.29. The van der Waals surface area contributed by atoms with E-state index in [4.69, 9.17) is 4.74 Å². The number of halogens is 3. The topological polar surface area (TPSA) is 58.5 Å². The van der Waals surface area contributed by atoms with Gasteiger partial charge in [0, 0.05) is 18.5 Å². The molecule has 0 saturated carbocycles. The Morgan fingerprint density at radius 1 is 1.22 bits per heavy atom. The summed E-state index contributed by atoms with van der Waals surface area (Å²) in [7, 11) is 1.64. The normalized spacial score (nSPS) is 12.1. The number of ether oxygens (including phenoxy) is 1. The minimum Gasteiger partial charge on any atom is -0.497 e. The number of hydrogen-bond acceptors (Lipinski definition) is 4. The zero-order valence-corrected chi connectivity index (χ0v) is 16.1. The van der Waals surface area contributed by atoms with E-state index in [9.17, 15) is 13.2 Å². The average molecular weight is 400 g/mol. The quantitative estimate of drug-likeness (QED) is 0.401.